The molecule has 9 heteroatoms. The number of rotatable bonds is 6. The van der Waals surface area contributed by atoms with Gasteiger partial charge in [-0.3, -0.25) is 14.3 Å². The summed E-state index contributed by atoms with van der Waals surface area (Å²) in [5.41, 5.74) is 5.56. The number of nitrogens with zero attached hydrogens (tertiary/aromatic N) is 8. The van der Waals surface area contributed by atoms with E-state index >= 15 is 0 Å². The topological polar surface area (TPSA) is 87.4 Å². The van der Waals surface area contributed by atoms with Gasteiger partial charge in [-0.05, 0) is 67.4 Å². The molecule has 1 aliphatic rings. The Morgan fingerprint density at radius 3 is 2.38 bits per heavy atom. The highest BCUT2D eigenvalue weighted by atomic mass is 15.3. The van der Waals surface area contributed by atoms with Crippen molar-refractivity contribution in [1.29, 1.82) is 0 Å². The van der Waals surface area contributed by atoms with Crippen molar-refractivity contribution >= 4 is 23.1 Å². The molecule has 1 N–H and O–H groups in total. The van der Waals surface area contributed by atoms with Gasteiger partial charge in [0.25, 0.3) is 0 Å². The van der Waals surface area contributed by atoms with Crippen LogP contribution in [-0.2, 0) is 0 Å². The normalized spacial score (nSPS) is 14.4. The number of piperazine rings is 1. The van der Waals surface area contributed by atoms with Gasteiger partial charge >= 0.3 is 0 Å². The molecule has 0 radical (unpaired) electrons. The lowest BCUT2D eigenvalue weighted by Gasteiger charge is -2.37. The number of anilines is 3. The average Bonchev–Trinajstić information content (AvgIpc) is 3.38. The highest BCUT2D eigenvalue weighted by Crippen LogP contribution is 2.25. The Kier molecular flexibility index (Phi) is 6.20. The summed E-state index contributed by atoms with van der Waals surface area (Å²) in [6.45, 7) is 8.61. The van der Waals surface area contributed by atoms with E-state index in [9.17, 15) is 0 Å². The second-order valence-corrected chi connectivity index (χ2v) is 9.44. The van der Waals surface area contributed by atoms with Crippen LogP contribution in [0.3, 0.4) is 0 Å². The minimum absolute atomic E-state index is 0.512. The van der Waals surface area contributed by atoms with Crippen LogP contribution in [0, 0.1) is 0 Å². The SMILES string of the molecule is CC(C)N1CCN(c2ccc(Nc3nccc(-c4cnc5ccc(-c6ccncc6)cn45)n3)cn2)CC1. The van der Waals surface area contributed by atoms with Gasteiger partial charge in [0.1, 0.15) is 11.5 Å². The van der Waals surface area contributed by atoms with Crippen LogP contribution in [0.2, 0.25) is 0 Å². The standard InChI is InChI=1S/C28H29N9/c1-20(2)35-13-15-36(16-14-35)26-6-4-23(17-31-26)33-28-30-12-9-24(34-28)25-18-32-27-5-3-22(19-37(25)27)21-7-10-29-11-8-21/h3-12,17-20H,13-16H2,1-2H3,(H,30,33,34). The number of imidazole rings is 1. The summed E-state index contributed by atoms with van der Waals surface area (Å²) in [7, 11) is 0. The third-order valence-corrected chi connectivity index (χ3v) is 6.81. The predicted octanol–water partition coefficient (Wildman–Crippen LogP) is 4.52. The van der Waals surface area contributed by atoms with E-state index in [1.807, 2.05) is 42.7 Å². The molecule has 6 heterocycles. The van der Waals surface area contributed by atoms with Crippen molar-refractivity contribution in [1.82, 2.24) is 34.2 Å². The monoisotopic (exact) mass is 491 g/mol. The van der Waals surface area contributed by atoms with Crippen LogP contribution in [0.25, 0.3) is 28.2 Å². The zero-order valence-electron chi connectivity index (χ0n) is 21.0. The second kappa shape index (κ2) is 9.94. The molecule has 6 rings (SSSR count). The first-order valence-corrected chi connectivity index (χ1v) is 12.6. The molecule has 0 amide bonds. The van der Waals surface area contributed by atoms with Gasteiger partial charge in [-0.25, -0.2) is 19.9 Å². The minimum Gasteiger partial charge on any atom is -0.354 e. The quantitative estimate of drug-likeness (QED) is 0.371. The van der Waals surface area contributed by atoms with E-state index in [1.54, 1.807) is 18.6 Å². The van der Waals surface area contributed by atoms with Gasteiger partial charge in [0.2, 0.25) is 5.95 Å². The Bertz CT molecular complexity index is 1490. The van der Waals surface area contributed by atoms with Gasteiger partial charge in [0.15, 0.2) is 0 Å². The Labute approximate surface area is 215 Å². The molecule has 0 saturated carbocycles. The van der Waals surface area contributed by atoms with E-state index in [2.05, 4.69) is 66.6 Å². The second-order valence-electron chi connectivity index (χ2n) is 9.44. The van der Waals surface area contributed by atoms with Crippen molar-refractivity contribution in [2.24, 2.45) is 0 Å². The molecule has 186 valence electrons. The number of hydrogen-bond donors (Lipinski definition) is 1. The fourth-order valence-electron chi connectivity index (χ4n) is 4.69. The first-order chi connectivity index (χ1) is 18.1. The van der Waals surface area contributed by atoms with Crippen molar-refractivity contribution in [3.63, 3.8) is 0 Å². The minimum atomic E-state index is 0.512. The van der Waals surface area contributed by atoms with Crippen LogP contribution in [0.1, 0.15) is 13.8 Å². The molecule has 1 fully saturated rings. The van der Waals surface area contributed by atoms with E-state index in [-0.39, 0.29) is 0 Å². The fraction of sp³-hybridized carbons (Fsp3) is 0.250. The van der Waals surface area contributed by atoms with Crippen molar-refractivity contribution in [3.05, 3.63) is 79.6 Å². The van der Waals surface area contributed by atoms with Crippen LogP contribution >= 0.6 is 0 Å². The van der Waals surface area contributed by atoms with Crippen LogP contribution in [0.5, 0.6) is 0 Å². The molecule has 0 spiro atoms. The summed E-state index contributed by atoms with van der Waals surface area (Å²) in [6.07, 6.45) is 11.1. The van der Waals surface area contributed by atoms with E-state index in [0.29, 0.717) is 12.0 Å². The molecular formula is C28H29N9. The van der Waals surface area contributed by atoms with Gasteiger partial charge in [-0.1, -0.05) is 0 Å². The summed E-state index contributed by atoms with van der Waals surface area (Å²) >= 11 is 0. The molecule has 0 unspecified atom stereocenters. The van der Waals surface area contributed by atoms with Crippen molar-refractivity contribution < 1.29 is 0 Å². The predicted molar refractivity (Wildman–Crippen MR) is 146 cm³/mol. The molecule has 0 bridgehead atoms. The summed E-state index contributed by atoms with van der Waals surface area (Å²) in [5, 5.41) is 3.30. The number of aromatic nitrogens is 6. The first-order valence-electron chi connectivity index (χ1n) is 12.6. The maximum atomic E-state index is 4.76. The van der Waals surface area contributed by atoms with Gasteiger partial charge in [-0.15, -0.1) is 0 Å². The lowest BCUT2D eigenvalue weighted by atomic mass is 10.1. The molecule has 5 aromatic heterocycles. The highest BCUT2D eigenvalue weighted by Gasteiger charge is 2.19. The zero-order valence-corrected chi connectivity index (χ0v) is 21.0. The smallest absolute Gasteiger partial charge is 0.227 e. The first kappa shape index (κ1) is 23.1. The summed E-state index contributed by atoms with van der Waals surface area (Å²) in [6, 6.07) is 14.6. The lowest BCUT2D eigenvalue weighted by molar-refractivity contribution is 0.209. The van der Waals surface area contributed by atoms with Gasteiger partial charge < -0.3 is 10.2 Å². The van der Waals surface area contributed by atoms with Crippen LogP contribution in [0.15, 0.2) is 79.6 Å². The average molecular weight is 492 g/mol. The molecule has 0 aliphatic carbocycles. The largest absolute Gasteiger partial charge is 0.354 e. The van der Waals surface area contributed by atoms with E-state index in [0.717, 1.165) is 65.8 Å². The Balaban J connectivity index is 1.20. The summed E-state index contributed by atoms with van der Waals surface area (Å²) < 4.78 is 2.05. The molecular weight excluding hydrogens is 462 g/mol. The number of hydrogen-bond acceptors (Lipinski definition) is 8. The van der Waals surface area contributed by atoms with Crippen LogP contribution in [-0.4, -0.2) is 66.4 Å². The molecule has 0 atom stereocenters. The van der Waals surface area contributed by atoms with Gasteiger partial charge in [0, 0.05) is 57.0 Å². The van der Waals surface area contributed by atoms with E-state index < -0.39 is 0 Å². The molecule has 5 aromatic rings. The number of fused-ring (bicyclic) bond motifs is 1. The Morgan fingerprint density at radius 2 is 1.62 bits per heavy atom. The Hall–Kier alpha value is -4.37. The molecule has 0 aromatic carbocycles. The number of pyridine rings is 3. The van der Waals surface area contributed by atoms with Crippen LogP contribution in [0.4, 0.5) is 17.5 Å². The van der Waals surface area contributed by atoms with Crippen LogP contribution < -0.4 is 10.2 Å². The third-order valence-electron chi connectivity index (χ3n) is 6.81. The van der Waals surface area contributed by atoms with E-state index in [1.165, 1.54) is 0 Å². The van der Waals surface area contributed by atoms with Crippen molar-refractivity contribution in [2.75, 3.05) is 36.4 Å². The van der Waals surface area contributed by atoms with E-state index in [4.69, 9.17) is 9.97 Å². The maximum absolute atomic E-state index is 4.76. The summed E-state index contributed by atoms with van der Waals surface area (Å²) in [5.74, 6) is 1.51. The molecule has 37 heavy (non-hydrogen) atoms. The zero-order chi connectivity index (χ0) is 25.2. The van der Waals surface area contributed by atoms with Gasteiger partial charge in [0.05, 0.1) is 29.5 Å². The van der Waals surface area contributed by atoms with Crippen molar-refractivity contribution in [2.45, 2.75) is 19.9 Å². The molecule has 1 aliphatic heterocycles. The molecule has 9 nitrogen and oxygen atoms in total. The Morgan fingerprint density at radius 1 is 0.784 bits per heavy atom. The third kappa shape index (κ3) is 4.85. The lowest BCUT2D eigenvalue weighted by Crippen LogP contribution is -2.49. The summed E-state index contributed by atoms with van der Waals surface area (Å²) in [4.78, 5) is 27.4. The highest BCUT2D eigenvalue weighted by molar-refractivity contribution is 5.68. The molecule has 1 saturated heterocycles. The fourth-order valence-corrected chi connectivity index (χ4v) is 4.69. The van der Waals surface area contributed by atoms with Gasteiger partial charge in [-0.2, -0.15) is 0 Å². The maximum Gasteiger partial charge on any atom is 0.227 e. The number of nitrogens with one attached hydrogen (secondary N) is 1. The van der Waals surface area contributed by atoms with Crippen molar-refractivity contribution in [3.8, 4) is 22.5 Å².